The van der Waals surface area contributed by atoms with Gasteiger partial charge in [-0.1, -0.05) is 23.4 Å². The van der Waals surface area contributed by atoms with Crippen LogP contribution in [0, 0.1) is 0 Å². The average Bonchev–Trinajstić information content (AvgIpc) is 3.23. The Hall–Kier alpha value is -1.68. The number of anilines is 1. The van der Waals surface area contributed by atoms with Crippen LogP contribution in [0.15, 0.2) is 33.8 Å². The van der Waals surface area contributed by atoms with Gasteiger partial charge in [-0.3, -0.25) is 4.99 Å². The second kappa shape index (κ2) is 9.14. The van der Waals surface area contributed by atoms with Crippen LogP contribution in [0.1, 0.15) is 37.2 Å². The molecule has 136 valence electrons. The number of rotatable bonds is 5. The first-order chi connectivity index (χ1) is 11.7. The number of nitrogens with zero attached hydrogens (tertiary/aromatic N) is 4. The first-order valence-electron chi connectivity index (χ1n) is 8.23. The third-order valence-electron chi connectivity index (χ3n) is 4.02. The molecule has 0 fully saturated rings. The Balaban J connectivity index is 0.00000225. The van der Waals surface area contributed by atoms with Crippen molar-refractivity contribution in [2.45, 2.75) is 32.9 Å². The number of guanidine groups is 1. The van der Waals surface area contributed by atoms with Gasteiger partial charge in [-0.05, 0) is 31.9 Å². The van der Waals surface area contributed by atoms with Crippen molar-refractivity contribution in [3.05, 3.63) is 41.5 Å². The van der Waals surface area contributed by atoms with E-state index >= 15 is 0 Å². The highest BCUT2D eigenvalue weighted by Gasteiger charge is 2.23. The highest BCUT2D eigenvalue weighted by Crippen LogP contribution is 2.27. The van der Waals surface area contributed by atoms with Gasteiger partial charge in [-0.2, -0.15) is 4.98 Å². The van der Waals surface area contributed by atoms with E-state index in [1.165, 1.54) is 11.3 Å². The van der Waals surface area contributed by atoms with Crippen molar-refractivity contribution in [1.29, 1.82) is 0 Å². The molecule has 0 amide bonds. The number of hydrogen-bond donors (Lipinski definition) is 1. The van der Waals surface area contributed by atoms with Gasteiger partial charge in [0.1, 0.15) is 6.10 Å². The number of fused-ring (bicyclic) bond motifs is 1. The second-order valence-corrected chi connectivity index (χ2v) is 5.58. The van der Waals surface area contributed by atoms with Crippen LogP contribution in [-0.2, 0) is 17.7 Å². The third-order valence-corrected chi connectivity index (χ3v) is 4.02. The summed E-state index contributed by atoms with van der Waals surface area (Å²) in [7, 11) is 1.78. The molecule has 0 saturated carbocycles. The van der Waals surface area contributed by atoms with Crippen molar-refractivity contribution >= 4 is 35.6 Å². The van der Waals surface area contributed by atoms with Gasteiger partial charge in [0.05, 0.1) is 6.54 Å². The molecular formula is C17H24IN5O2. The third kappa shape index (κ3) is 4.49. The van der Waals surface area contributed by atoms with Gasteiger partial charge in [0.2, 0.25) is 5.89 Å². The highest BCUT2D eigenvalue weighted by atomic mass is 127. The Morgan fingerprint density at radius 1 is 1.44 bits per heavy atom. The van der Waals surface area contributed by atoms with Crippen LogP contribution < -0.4 is 10.2 Å². The van der Waals surface area contributed by atoms with Crippen LogP contribution >= 0.6 is 24.0 Å². The van der Waals surface area contributed by atoms with E-state index < -0.39 is 0 Å². The number of nitrogens with one attached hydrogen (secondary N) is 1. The Kier molecular flexibility index (Phi) is 7.18. The number of aromatic nitrogens is 2. The van der Waals surface area contributed by atoms with Crippen LogP contribution in [0.5, 0.6) is 0 Å². The van der Waals surface area contributed by atoms with E-state index in [0.29, 0.717) is 24.9 Å². The summed E-state index contributed by atoms with van der Waals surface area (Å²) in [5.41, 5.74) is 2.54. The molecular weight excluding hydrogens is 433 g/mol. The van der Waals surface area contributed by atoms with Gasteiger partial charge in [0.25, 0.3) is 0 Å². The first-order valence-corrected chi connectivity index (χ1v) is 8.23. The highest BCUT2D eigenvalue weighted by molar-refractivity contribution is 14.0. The topological polar surface area (TPSA) is 75.8 Å². The molecule has 1 unspecified atom stereocenters. The van der Waals surface area contributed by atoms with E-state index in [9.17, 15) is 0 Å². The molecule has 8 heteroatoms. The summed E-state index contributed by atoms with van der Waals surface area (Å²) in [6.07, 6.45) is 0.852. The molecule has 2 heterocycles. The van der Waals surface area contributed by atoms with Crippen molar-refractivity contribution in [3.8, 4) is 0 Å². The Labute approximate surface area is 164 Å². The first kappa shape index (κ1) is 19.6. The molecule has 7 nitrogen and oxygen atoms in total. The van der Waals surface area contributed by atoms with Crippen molar-refractivity contribution < 1.29 is 9.26 Å². The van der Waals surface area contributed by atoms with Gasteiger partial charge < -0.3 is 19.5 Å². The zero-order valence-electron chi connectivity index (χ0n) is 14.7. The fourth-order valence-electron chi connectivity index (χ4n) is 2.84. The molecule has 0 saturated heterocycles. The summed E-state index contributed by atoms with van der Waals surface area (Å²) in [5.74, 6) is 1.89. The number of aliphatic imine (C=N–C) groups is 1. The minimum atomic E-state index is -0.169. The number of para-hydroxylation sites is 1. The van der Waals surface area contributed by atoms with E-state index in [-0.39, 0.29) is 30.1 Å². The van der Waals surface area contributed by atoms with Crippen molar-refractivity contribution in [2.75, 3.05) is 25.1 Å². The summed E-state index contributed by atoms with van der Waals surface area (Å²) in [5, 5.41) is 7.26. The molecule has 0 spiro atoms. The van der Waals surface area contributed by atoms with Crippen LogP contribution in [0.2, 0.25) is 0 Å². The minimum Gasteiger partial charge on any atom is -0.371 e. The smallest absolute Gasteiger partial charge is 0.246 e. The van der Waals surface area contributed by atoms with Gasteiger partial charge in [0, 0.05) is 25.9 Å². The zero-order chi connectivity index (χ0) is 16.9. The molecule has 0 radical (unpaired) electrons. The fourth-order valence-corrected chi connectivity index (χ4v) is 2.84. The molecule has 25 heavy (non-hydrogen) atoms. The molecule has 1 aliphatic rings. The molecule has 1 aromatic heterocycles. The van der Waals surface area contributed by atoms with Crippen LogP contribution in [0.3, 0.4) is 0 Å². The lowest BCUT2D eigenvalue weighted by atomic mass is 10.2. The number of halogens is 1. The fraction of sp³-hybridized carbons (Fsp3) is 0.471. The van der Waals surface area contributed by atoms with Crippen LogP contribution in [0.4, 0.5) is 5.69 Å². The zero-order valence-corrected chi connectivity index (χ0v) is 17.1. The van der Waals surface area contributed by atoms with Crippen molar-refractivity contribution in [3.63, 3.8) is 0 Å². The molecule has 1 N–H and O–H groups in total. The molecule has 0 bridgehead atoms. The van der Waals surface area contributed by atoms with Crippen LogP contribution in [-0.4, -0.2) is 36.3 Å². The number of benzene rings is 1. The van der Waals surface area contributed by atoms with E-state index in [2.05, 4.69) is 43.5 Å². The maximum Gasteiger partial charge on any atom is 0.246 e. The molecule has 1 atom stereocenters. The largest absolute Gasteiger partial charge is 0.371 e. The molecule has 1 aromatic carbocycles. The summed E-state index contributed by atoms with van der Waals surface area (Å²) in [4.78, 5) is 10.9. The van der Waals surface area contributed by atoms with Gasteiger partial charge in [0.15, 0.2) is 11.8 Å². The molecule has 3 rings (SSSR count). The van der Waals surface area contributed by atoms with E-state index in [0.717, 1.165) is 18.9 Å². The molecule has 0 aliphatic carbocycles. The van der Waals surface area contributed by atoms with Gasteiger partial charge in [-0.15, -0.1) is 24.0 Å². The Morgan fingerprint density at radius 3 is 3.00 bits per heavy atom. The predicted octanol–water partition coefficient (Wildman–Crippen LogP) is 2.92. The maximum atomic E-state index is 5.47. The Bertz CT molecular complexity index is 719. The summed E-state index contributed by atoms with van der Waals surface area (Å²) >= 11 is 0. The summed E-state index contributed by atoms with van der Waals surface area (Å²) in [6.45, 7) is 5.81. The van der Waals surface area contributed by atoms with Crippen LogP contribution in [0.25, 0.3) is 0 Å². The predicted molar refractivity (Wildman–Crippen MR) is 107 cm³/mol. The average molecular weight is 457 g/mol. The SMILES string of the molecule is CCOC(C)c1noc(CNC(=NC)N2CCc3ccccc32)n1.I. The lowest BCUT2D eigenvalue weighted by Gasteiger charge is -2.21. The quantitative estimate of drug-likeness (QED) is 0.423. The minimum absolute atomic E-state index is 0. The normalized spacial score (nSPS) is 14.8. The van der Waals surface area contributed by atoms with Crippen molar-refractivity contribution in [2.24, 2.45) is 4.99 Å². The van der Waals surface area contributed by atoms with Gasteiger partial charge in [-0.25, -0.2) is 0 Å². The van der Waals surface area contributed by atoms with Gasteiger partial charge >= 0.3 is 0 Å². The summed E-state index contributed by atoms with van der Waals surface area (Å²) in [6, 6.07) is 8.38. The second-order valence-electron chi connectivity index (χ2n) is 5.58. The van der Waals surface area contributed by atoms with E-state index in [4.69, 9.17) is 9.26 Å². The summed E-state index contributed by atoms with van der Waals surface area (Å²) < 4.78 is 10.8. The van der Waals surface area contributed by atoms with E-state index in [1.807, 2.05) is 19.9 Å². The molecule has 1 aliphatic heterocycles. The lowest BCUT2D eigenvalue weighted by molar-refractivity contribution is 0.0683. The monoisotopic (exact) mass is 457 g/mol. The number of ether oxygens (including phenoxy) is 1. The standard InChI is InChI=1S/C17H23N5O2.HI/c1-4-23-12(2)16-20-15(24-21-16)11-19-17(18-3)22-10-9-13-7-5-6-8-14(13)22;/h5-8,12H,4,9-11H2,1-3H3,(H,18,19);1H. The maximum absolute atomic E-state index is 5.47. The Morgan fingerprint density at radius 2 is 2.24 bits per heavy atom. The molecule has 2 aromatic rings. The van der Waals surface area contributed by atoms with Crippen molar-refractivity contribution in [1.82, 2.24) is 15.5 Å². The lowest BCUT2D eigenvalue weighted by Crippen LogP contribution is -2.40. The number of hydrogen-bond acceptors (Lipinski definition) is 5. The van der Waals surface area contributed by atoms with E-state index in [1.54, 1.807) is 7.05 Å².